The number of hydrogen-bond acceptors (Lipinski definition) is 4. The molecular formula is C20H25N3O3S. The molecule has 1 heterocycles. The van der Waals surface area contributed by atoms with Gasteiger partial charge in [-0.25, -0.2) is 13.1 Å². The fourth-order valence-electron chi connectivity index (χ4n) is 3.27. The first kappa shape index (κ1) is 19.5. The van der Waals surface area contributed by atoms with E-state index >= 15 is 0 Å². The maximum absolute atomic E-state index is 12.4. The molecule has 2 aromatic rings. The van der Waals surface area contributed by atoms with Crippen LogP contribution in [0.5, 0.6) is 0 Å². The molecule has 0 spiro atoms. The third kappa shape index (κ3) is 4.55. The lowest BCUT2D eigenvalue weighted by molar-refractivity contribution is 0.0932. The quantitative estimate of drug-likeness (QED) is 0.792. The van der Waals surface area contributed by atoms with Crippen molar-refractivity contribution in [2.45, 2.75) is 30.8 Å². The van der Waals surface area contributed by atoms with E-state index in [4.69, 9.17) is 0 Å². The first-order valence-corrected chi connectivity index (χ1v) is 10.5. The zero-order valence-corrected chi connectivity index (χ0v) is 16.4. The average molecular weight is 388 g/mol. The van der Waals surface area contributed by atoms with Crippen LogP contribution in [0.2, 0.25) is 0 Å². The molecule has 2 N–H and O–H groups in total. The highest BCUT2D eigenvalue weighted by molar-refractivity contribution is 7.89. The van der Waals surface area contributed by atoms with E-state index in [9.17, 15) is 13.2 Å². The van der Waals surface area contributed by atoms with Crippen LogP contribution in [0, 0.1) is 0 Å². The number of nitrogens with zero attached hydrogens (tertiary/aromatic N) is 1. The fourth-order valence-corrected chi connectivity index (χ4v) is 4.00. The van der Waals surface area contributed by atoms with Crippen molar-refractivity contribution in [2.24, 2.45) is 0 Å². The van der Waals surface area contributed by atoms with Crippen molar-refractivity contribution in [3.63, 3.8) is 0 Å². The van der Waals surface area contributed by atoms with Crippen molar-refractivity contribution in [3.8, 4) is 0 Å². The first-order valence-electron chi connectivity index (χ1n) is 9.03. The molecule has 3 rings (SSSR count). The van der Waals surface area contributed by atoms with Crippen LogP contribution in [0.4, 0.5) is 0 Å². The Bertz CT molecular complexity index is 910. The third-order valence-electron chi connectivity index (χ3n) is 5.04. The Hall–Kier alpha value is -2.22. The number of carbonyl (C=O) groups excluding carboxylic acids is 1. The second-order valence-electron chi connectivity index (χ2n) is 6.78. The van der Waals surface area contributed by atoms with Crippen molar-refractivity contribution in [2.75, 3.05) is 20.1 Å². The summed E-state index contributed by atoms with van der Waals surface area (Å²) in [5.74, 6) is -0.201. The smallest absolute Gasteiger partial charge is 0.251 e. The summed E-state index contributed by atoms with van der Waals surface area (Å²) >= 11 is 0. The highest BCUT2D eigenvalue weighted by atomic mass is 32.2. The van der Waals surface area contributed by atoms with Crippen LogP contribution in [0.15, 0.2) is 53.4 Å². The second kappa shape index (κ2) is 8.21. The molecule has 1 aliphatic heterocycles. The van der Waals surface area contributed by atoms with E-state index in [0.717, 1.165) is 19.5 Å². The van der Waals surface area contributed by atoms with Crippen molar-refractivity contribution in [1.29, 1.82) is 0 Å². The lowest BCUT2D eigenvalue weighted by Gasteiger charge is -2.33. The highest BCUT2D eigenvalue weighted by Gasteiger charge is 2.21. The van der Waals surface area contributed by atoms with Gasteiger partial charge in [-0.05, 0) is 55.8 Å². The maximum atomic E-state index is 12.4. The van der Waals surface area contributed by atoms with Gasteiger partial charge in [-0.15, -0.1) is 0 Å². The molecule has 0 aromatic heterocycles. The summed E-state index contributed by atoms with van der Waals surface area (Å²) < 4.78 is 25.7. The van der Waals surface area contributed by atoms with Gasteiger partial charge in [-0.1, -0.05) is 24.3 Å². The molecule has 0 radical (unpaired) electrons. The number of nitrogens with one attached hydrogen (secondary N) is 2. The number of amides is 1. The van der Waals surface area contributed by atoms with Crippen molar-refractivity contribution in [3.05, 3.63) is 65.2 Å². The minimum atomic E-state index is -3.49. The largest absolute Gasteiger partial charge is 0.350 e. The summed E-state index contributed by atoms with van der Waals surface area (Å²) in [6, 6.07) is 14.6. The van der Waals surface area contributed by atoms with Crippen LogP contribution in [0.3, 0.4) is 0 Å². The minimum absolute atomic E-state index is 0.141. The summed E-state index contributed by atoms with van der Waals surface area (Å²) in [5, 5.41) is 2.95. The third-order valence-corrected chi connectivity index (χ3v) is 6.47. The van der Waals surface area contributed by atoms with Crippen LogP contribution >= 0.6 is 0 Å². The molecular weight excluding hydrogens is 362 g/mol. The molecule has 2 aromatic carbocycles. The highest BCUT2D eigenvalue weighted by Crippen LogP contribution is 2.20. The molecule has 1 aliphatic rings. The van der Waals surface area contributed by atoms with E-state index in [2.05, 4.69) is 46.1 Å². The monoisotopic (exact) mass is 387 g/mol. The van der Waals surface area contributed by atoms with Crippen molar-refractivity contribution < 1.29 is 13.2 Å². The predicted molar refractivity (Wildman–Crippen MR) is 105 cm³/mol. The summed E-state index contributed by atoms with van der Waals surface area (Å²) in [6.45, 7) is 4.52. The Morgan fingerprint density at radius 3 is 2.44 bits per heavy atom. The second-order valence-corrected chi connectivity index (χ2v) is 8.67. The number of hydrogen-bond donors (Lipinski definition) is 2. The standard InChI is InChI=1S/C20H25N3O3S/c1-15(23-12-11-16-5-3-4-6-18(16)14-23)13-22-20(24)17-7-9-19(10-8-17)27(25,26)21-2/h3-10,15,21H,11-14H2,1-2H3,(H,22,24). The molecule has 0 bridgehead atoms. The Labute approximate surface area is 160 Å². The van der Waals surface area contributed by atoms with E-state index in [0.29, 0.717) is 12.1 Å². The Morgan fingerprint density at radius 2 is 1.78 bits per heavy atom. The van der Waals surface area contributed by atoms with Gasteiger partial charge in [0.15, 0.2) is 0 Å². The Balaban J connectivity index is 1.56. The molecule has 0 aliphatic carbocycles. The molecule has 0 saturated carbocycles. The minimum Gasteiger partial charge on any atom is -0.350 e. The average Bonchev–Trinajstić information content (AvgIpc) is 2.71. The molecule has 1 unspecified atom stereocenters. The molecule has 1 amide bonds. The van der Waals surface area contributed by atoms with E-state index < -0.39 is 10.0 Å². The van der Waals surface area contributed by atoms with Gasteiger partial charge in [0.2, 0.25) is 10.0 Å². The van der Waals surface area contributed by atoms with Crippen molar-refractivity contribution >= 4 is 15.9 Å². The number of fused-ring (bicyclic) bond motifs is 1. The van der Waals surface area contributed by atoms with Crippen LogP contribution in [0.25, 0.3) is 0 Å². The Kier molecular flexibility index (Phi) is 5.94. The zero-order chi connectivity index (χ0) is 19.4. The van der Waals surface area contributed by atoms with Crippen LogP contribution < -0.4 is 10.0 Å². The SMILES string of the molecule is CNS(=O)(=O)c1ccc(C(=O)NCC(C)N2CCc3ccccc3C2)cc1. The first-order chi connectivity index (χ1) is 12.9. The van der Waals surface area contributed by atoms with Gasteiger partial charge in [-0.3, -0.25) is 9.69 Å². The molecule has 144 valence electrons. The van der Waals surface area contributed by atoms with Gasteiger partial charge in [0.05, 0.1) is 4.90 Å². The topological polar surface area (TPSA) is 78.5 Å². The van der Waals surface area contributed by atoms with E-state index in [1.165, 1.54) is 42.4 Å². The number of carbonyl (C=O) groups is 1. The van der Waals surface area contributed by atoms with E-state index in [-0.39, 0.29) is 16.8 Å². The number of rotatable bonds is 6. The lowest BCUT2D eigenvalue weighted by Crippen LogP contribution is -2.44. The van der Waals surface area contributed by atoms with Gasteiger partial charge >= 0.3 is 0 Å². The molecule has 0 fully saturated rings. The fraction of sp³-hybridized carbons (Fsp3) is 0.350. The van der Waals surface area contributed by atoms with Gasteiger partial charge in [-0.2, -0.15) is 0 Å². The van der Waals surface area contributed by atoms with E-state index in [1.807, 2.05) is 0 Å². The number of benzene rings is 2. The van der Waals surface area contributed by atoms with Crippen molar-refractivity contribution in [1.82, 2.24) is 14.9 Å². The maximum Gasteiger partial charge on any atom is 0.251 e. The summed E-state index contributed by atoms with van der Waals surface area (Å²) in [6.07, 6.45) is 1.02. The summed E-state index contributed by atoms with van der Waals surface area (Å²) in [5.41, 5.74) is 3.20. The predicted octanol–water partition coefficient (Wildman–Crippen LogP) is 1.77. The molecule has 7 heteroatoms. The number of sulfonamides is 1. The normalized spacial score (nSPS) is 15.8. The molecule has 27 heavy (non-hydrogen) atoms. The molecule has 1 atom stereocenters. The van der Waals surface area contributed by atoms with Gasteiger partial charge < -0.3 is 5.32 Å². The van der Waals surface area contributed by atoms with Crippen LogP contribution in [-0.4, -0.2) is 45.4 Å². The van der Waals surface area contributed by atoms with Gasteiger partial charge in [0.25, 0.3) is 5.91 Å². The van der Waals surface area contributed by atoms with Gasteiger partial charge in [0, 0.05) is 31.2 Å². The molecule has 6 nitrogen and oxygen atoms in total. The van der Waals surface area contributed by atoms with Crippen LogP contribution in [-0.2, 0) is 23.0 Å². The zero-order valence-electron chi connectivity index (χ0n) is 15.6. The van der Waals surface area contributed by atoms with Gasteiger partial charge in [0.1, 0.15) is 0 Å². The van der Waals surface area contributed by atoms with E-state index in [1.54, 1.807) is 0 Å². The lowest BCUT2D eigenvalue weighted by atomic mass is 9.99. The van der Waals surface area contributed by atoms with Crippen LogP contribution in [0.1, 0.15) is 28.4 Å². The summed E-state index contributed by atoms with van der Waals surface area (Å²) in [4.78, 5) is 14.9. The Morgan fingerprint density at radius 1 is 1.11 bits per heavy atom. The summed E-state index contributed by atoms with van der Waals surface area (Å²) in [7, 11) is -2.14. The molecule has 0 saturated heterocycles.